The highest BCUT2D eigenvalue weighted by Crippen LogP contribution is 2.43. The van der Waals surface area contributed by atoms with Crippen molar-refractivity contribution in [2.24, 2.45) is 14.1 Å². The van der Waals surface area contributed by atoms with Gasteiger partial charge in [0.05, 0.1) is 23.5 Å². The van der Waals surface area contributed by atoms with Gasteiger partial charge in [-0.25, -0.2) is 4.79 Å². The van der Waals surface area contributed by atoms with Gasteiger partial charge >= 0.3 is 10.6 Å². The topological polar surface area (TPSA) is 98.1 Å². The number of H-pyrrole nitrogens is 1. The lowest BCUT2D eigenvalue weighted by Crippen LogP contribution is -2.42. The van der Waals surface area contributed by atoms with Gasteiger partial charge in [0, 0.05) is 14.1 Å². The van der Waals surface area contributed by atoms with Crippen molar-refractivity contribution in [1.29, 1.82) is 0 Å². The van der Waals surface area contributed by atoms with Gasteiger partial charge in [-0.2, -0.15) is 0 Å². The van der Waals surface area contributed by atoms with Crippen LogP contribution in [0.15, 0.2) is 38.6 Å². The predicted molar refractivity (Wildman–Crippen MR) is 99.1 cm³/mol. The van der Waals surface area contributed by atoms with E-state index in [-0.39, 0.29) is 10.4 Å². The Kier molecular flexibility index (Phi) is 3.62. The van der Waals surface area contributed by atoms with Crippen molar-refractivity contribution >= 4 is 23.0 Å². The molecule has 0 saturated heterocycles. The molecule has 0 radical (unpaired) electrons. The number of aromatic nitrogens is 3. The zero-order chi connectivity index (χ0) is 18.6. The van der Waals surface area contributed by atoms with E-state index in [9.17, 15) is 14.4 Å². The fraction of sp³-hybridized carbons (Fsp3) is 0.235. The summed E-state index contributed by atoms with van der Waals surface area (Å²) in [5.74, 6) is 1.14. The third-order valence-electron chi connectivity index (χ3n) is 4.62. The number of nitrogens with one attached hydrogen (secondary N) is 2. The molecule has 1 atom stereocenters. The fourth-order valence-electron chi connectivity index (χ4n) is 3.28. The van der Waals surface area contributed by atoms with Gasteiger partial charge in [-0.3, -0.25) is 23.7 Å². The normalized spacial score (nSPS) is 15.1. The maximum atomic E-state index is 12.9. The molecule has 8 nitrogen and oxygen atoms in total. The van der Waals surface area contributed by atoms with E-state index in [1.165, 1.54) is 11.6 Å². The Morgan fingerprint density at radius 1 is 1.08 bits per heavy atom. The molecule has 0 fully saturated rings. The van der Waals surface area contributed by atoms with Crippen molar-refractivity contribution in [1.82, 2.24) is 14.1 Å². The van der Waals surface area contributed by atoms with E-state index in [1.54, 1.807) is 26.3 Å². The molecule has 0 amide bonds. The second-order valence-electron chi connectivity index (χ2n) is 6.05. The van der Waals surface area contributed by atoms with E-state index in [4.69, 9.17) is 4.74 Å². The van der Waals surface area contributed by atoms with Crippen LogP contribution >= 0.6 is 11.3 Å². The molecule has 26 heavy (non-hydrogen) atoms. The van der Waals surface area contributed by atoms with Gasteiger partial charge in [-0.05, 0) is 17.7 Å². The lowest BCUT2D eigenvalue weighted by molar-refractivity contribution is 0.414. The average Bonchev–Trinajstić information content (AvgIpc) is 3.03. The number of thiazole rings is 1. The summed E-state index contributed by atoms with van der Waals surface area (Å²) in [5, 5.41) is 3.04. The molecule has 1 aliphatic heterocycles. The number of aromatic amines is 1. The molecular weight excluding hydrogens is 356 g/mol. The second kappa shape index (κ2) is 5.73. The highest BCUT2D eigenvalue weighted by atomic mass is 32.1. The van der Waals surface area contributed by atoms with Crippen LogP contribution in [0.3, 0.4) is 0 Å². The van der Waals surface area contributed by atoms with Crippen molar-refractivity contribution in [2.75, 3.05) is 12.4 Å². The van der Waals surface area contributed by atoms with Crippen molar-refractivity contribution in [3.63, 3.8) is 0 Å². The summed E-state index contributed by atoms with van der Waals surface area (Å²) in [6.07, 6.45) is 0. The molecule has 0 spiro atoms. The minimum atomic E-state index is -0.457. The van der Waals surface area contributed by atoms with Crippen LogP contribution in [0.2, 0.25) is 0 Å². The molecule has 1 aliphatic rings. The Labute approximate surface area is 151 Å². The van der Waals surface area contributed by atoms with Gasteiger partial charge in [0.1, 0.15) is 17.4 Å². The molecule has 2 aromatic heterocycles. The van der Waals surface area contributed by atoms with Crippen LogP contribution in [0.1, 0.15) is 21.9 Å². The van der Waals surface area contributed by atoms with Crippen LogP contribution < -0.4 is 26.2 Å². The molecule has 3 aromatic rings. The van der Waals surface area contributed by atoms with E-state index in [0.717, 1.165) is 21.5 Å². The molecule has 1 aromatic carbocycles. The van der Waals surface area contributed by atoms with Gasteiger partial charge in [0.2, 0.25) is 0 Å². The molecule has 2 N–H and O–H groups in total. The number of fused-ring (bicyclic) bond motifs is 2. The zero-order valence-corrected chi connectivity index (χ0v) is 15.1. The van der Waals surface area contributed by atoms with Crippen LogP contribution in [-0.2, 0) is 14.1 Å². The quantitative estimate of drug-likeness (QED) is 0.549. The van der Waals surface area contributed by atoms with Crippen molar-refractivity contribution in [3.05, 3.63) is 70.8 Å². The molecule has 0 aliphatic carbocycles. The predicted octanol–water partition coefficient (Wildman–Crippen LogP) is 1.08. The summed E-state index contributed by atoms with van der Waals surface area (Å²) >= 11 is 1.05. The lowest BCUT2D eigenvalue weighted by atomic mass is 9.88. The zero-order valence-electron chi connectivity index (χ0n) is 14.3. The molecule has 3 heterocycles. The number of hydrogen-bond donors (Lipinski definition) is 2. The number of benzene rings is 1. The van der Waals surface area contributed by atoms with E-state index in [1.807, 2.05) is 12.1 Å². The summed E-state index contributed by atoms with van der Waals surface area (Å²) in [6.45, 7) is 0. The molecular formula is C17H16N4O4S. The Balaban J connectivity index is 2.06. The smallest absolute Gasteiger partial charge is 0.332 e. The first-order valence-corrected chi connectivity index (χ1v) is 8.68. The number of methoxy groups -OCH3 is 1. The summed E-state index contributed by atoms with van der Waals surface area (Å²) in [6, 6.07) is 7.32. The van der Waals surface area contributed by atoms with Crippen molar-refractivity contribution < 1.29 is 4.74 Å². The van der Waals surface area contributed by atoms with Gasteiger partial charge < -0.3 is 10.1 Å². The van der Waals surface area contributed by atoms with E-state index < -0.39 is 11.6 Å². The first kappa shape index (κ1) is 16.4. The van der Waals surface area contributed by atoms with Gasteiger partial charge in [-0.1, -0.05) is 23.5 Å². The van der Waals surface area contributed by atoms with E-state index in [0.29, 0.717) is 27.8 Å². The summed E-state index contributed by atoms with van der Waals surface area (Å²) in [4.78, 5) is 40.4. The summed E-state index contributed by atoms with van der Waals surface area (Å²) in [7, 11) is 4.62. The number of ether oxygens (including phenoxy) is 1. The first-order chi connectivity index (χ1) is 12.4. The van der Waals surface area contributed by atoms with Crippen molar-refractivity contribution in [3.8, 4) is 5.75 Å². The van der Waals surface area contributed by atoms with Crippen LogP contribution in [-0.4, -0.2) is 21.2 Å². The summed E-state index contributed by atoms with van der Waals surface area (Å²) < 4.78 is 7.66. The number of nitrogens with zero attached hydrogens (tertiary/aromatic N) is 2. The summed E-state index contributed by atoms with van der Waals surface area (Å²) in [5.41, 5.74) is 0.446. The highest BCUT2D eigenvalue weighted by molar-refractivity contribution is 7.10. The van der Waals surface area contributed by atoms with Gasteiger partial charge in [0.25, 0.3) is 5.56 Å². The first-order valence-electron chi connectivity index (χ1n) is 7.86. The Bertz CT molecular complexity index is 1180. The third kappa shape index (κ3) is 2.24. The molecule has 9 heteroatoms. The number of rotatable bonds is 2. The molecule has 4 rings (SSSR count). The molecule has 0 saturated carbocycles. The second-order valence-corrected chi connectivity index (χ2v) is 7.07. The van der Waals surface area contributed by atoms with Crippen LogP contribution in [0.25, 0.3) is 0 Å². The maximum absolute atomic E-state index is 12.9. The largest absolute Gasteiger partial charge is 0.497 e. The molecule has 1 unspecified atom stereocenters. The van der Waals surface area contributed by atoms with Crippen LogP contribution in [0.4, 0.5) is 11.6 Å². The molecule has 0 bridgehead atoms. The standard InChI is InChI=1S/C17H16N4O4S/c1-20-14-11(15(22)21(2)17(20)24)10(8-4-6-9(25-3)7-5-8)12-13(18-14)19-16(23)26-12/h4-7,10,18H,1-3H3,(H,19,23). The lowest BCUT2D eigenvalue weighted by Gasteiger charge is -2.27. The Morgan fingerprint density at radius 3 is 2.42 bits per heavy atom. The Hall–Kier alpha value is -3.07. The SMILES string of the molecule is COc1ccc(C2c3sc(=O)[nH]c3Nc3c2c(=O)n(C)c(=O)n3C)cc1. The minimum absolute atomic E-state index is 0.226. The average molecular weight is 372 g/mol. The minimum Gasteiger partial charge on any atom is -0.497 e. The monoisotopic (exact) mass is 372 g/mol. The Morgan fingerprint density at radius 2 is 1.77 bits per heavy atom. The highest BCUT2D eigenvalue weighted by Gasteiger charge is 2.34. The number of hydrogen-bond acceptors (Lipinski definition) is 6. The van der Waals surface area contributed by atoms with Crippen molar-refractivity contribution in [2.45, 2.75) is 5.92 Å². The van der Waals surface area contributed by atoms with E-state index in [2.05, 4.69) is 10.3 Å². The van der Waals surface area contributed by atoms with E-state index >= 15 is 0 Å². The van der Waals surface area contributed by atoms with Crippen LogP contribution in [0.5, 0.6) is 5.75 Å². The maximum Gasteiger partial charge on any atom is 0.332 e. The third-order valence-corrected chi connectivity index (χ3v) is 5.57. The van der Waals surface area contributed by atoms with Crippen LogP contribution in [0, 0.1) is 0 Å². The number of anilines is 2. The van der Waals surface area contributed by atoms with Gasteiger partial charge in [-0.15, -0.1) is 0 Å². The van der Waals surface area contributed by atoms with Gasteiger partial charge in [0.15, 0.2) is 0 Å². The fourth-order valence-corrected chi connectivity index (χ4v) is 4.21. The molecule has 134 valence electrons.